The molecule has 3 heteroatoms. The first kappa shape index (κ1) is 12.1. The molecule has 3 nitrogen and oxygen atoms in total. The van der Waals surface area contributed by atoms with Crippen molar-refractivity contribution in [1.82, 2.24) is 4.90 Å². The monoisotopic (exact) mass is 232 g/mol. The summed E-state index contributed by atoms with van der Waals surface area (Å²) in [6, 6.07) is 7.98. The van der Waals surface area contributed by atoms with Crippen LogP contribution in [-0.2, 0) is 0 Å². The Bertz CT molecular complexity index is 401. The third kappa shape index (κ3) is 2.86. The first-order valence-corrected chi connectivity index (χ1v) is 6.20. The second-order valence-corrected chi connectivity index (χ2v) is 4.83. The van der Waals surface area contributed by atoms with E-state index in [2.05, 4.69) is 30.0 Å². The maximum absolute atomic E-state index is 12.0. The minimum absolute atomic E-state index is 0.285. The zero-order valence-corrected chi connectivity index (χ0v) is 10.6. The second kappa shape index (κ2) is 5.32. The van der Waals surface area contributed by atoms with Crippen LogP contribution in [-0.4, -0.2) is 44.4 Å². The Labute approximate surface area is 103 Å². The Morgan fingerprint density at radius 1 is 1.29 bits per heavy atom. The summed E-state index contributed by atoms with van der Waals surface area (Å²) in [4.78, 5) is 16.5. The highest BCUT2D eigenvalue weighted by Gasteiger charge is 2.19. The van der Waals surface area contributed by atoms with E-state index in [0.717, 1.165) is 37.3 Å². The lowest BCUT2D eigenvalue weighted by Crippen LogP contribution is -2.32. The normalized spacial score (nSPS) is 15.9. The van der Waals surface area contributed by atoms with Crippen molar-refractivity contribution in [2.75, 3.05) is 38.6 Å². The lowest BCUT2D eigenvalue weighted by Gasteiger charge is -2.26. The van der Waals surface area contributed by atoms with Crippen LogP contribution in [0.3, 0.4) is 0 Å². The molecule has 0 unspecified atom stereocenters. The molecule has 2 rings (SSSR count). The Kier molecular flexibility index (Phi) is 3.79. The molecule has 0 aliphatic carbocycles. The van der Waals surface area contributed by atoms with E-state index in [1.165, 1.54) is 0 Å². The first-order chi connectivity index (χ1) is 8.18. The smallest absolute Gasteiger partial charge is 0.165 e. The molecule has 1 aromatic rings. The number of nitrogens with zero attached hydrogens (tertiary/aromatic N) is 2. The van der Waals surface area contributed by atoms with Gasteiger partial charge in [-0.2, -0.15) is 0 Å². The average molecular weight is 232 g/mol. The summed E-state index contributed by atoms with van der Waals surface area (Å²) >= 11 is 0. The summed E-state index contributed by atoms with van der Waals surface area (Å²) in [6.07, 6.45) is 1.64. The van der Waals surface area contributed by atoms with E-state index in [9.17, 15) is 4.79 Å². The Hall–Kier alpha value is -1.35. The van der Waals surface area contributed by atoms with E-state index in [-0.39, 0.29) is 5.78 Å². The van der Waals surface area contributed by atoms with E-state index in [1.807, 2.05) is 18.2 Å². The molecule has 92 valence electrons. The molecular formula is C14H20N2O. The highest BCUT2D eigenvalue weighted by atomic mass is 16.1. The van der Waals surface area contributed by atoms with Crippen molar-refractivity contribution >= 4 is 11.5 Å². The van der Waals surface area contributed by atoms with Gasteiger partial charge in [-0.3, -0.25) is 4.79 Å². The minimum Gasteiger partial charge on any atom is -0.370 e. The number of anilines is 1. The molecule has 1 aliphatic rings. The van der Waals surface area contributed by atoms with Crippen molar-refractivity contribution in [1.29, 1.82) is 0 Å². The van der Waals surface area contributed by atoms with E-state index in [1.54, 1.807) is 0 Å². The lowest BCUT2D eigenvalue weighted by molar-refractivity contribution is 0.0984. The molecule has 0 fully saturated rings. The summed E-state index contributed by atoms with van der Waals surface area (Å²) in [5, 5.41) is 0. The number of hydrogen-bond donors (Lipinski definition) is 0. The molecule has 0 amide bonds. The summed E-state index contributed by atoms with van der Waals surface area (Å²) in [6.45, 7) is 2.98. The van der Waals surface area contributed by atoms with Gasteiger partial charge in [-0.25, -0.2) is 0 Å². The maximum Gasteiger partial charge on any atom is 0.165 e. The third-order valence-electron chi connectivity index (χ3n) is 3.19. The van der Waals surface area contributed by atoms with Gasteiger partial charge in [-0.15, -0.1) is 0 Å². The summed E-state index contributed by atoms with van der Waals surface area (Å²) in [5.74, 6) is 0.285. The van der Waals surface area contributed by atoms with Gasteiger partial charge < -0.3 is 9.80 Å². The number of Topliss-reactive ketones (excluding diaryl/α,β-unsaturated/α-hetero) is 1. The number of fused-ring (bicyclic) bond motifs is 1. The highest BCUT2D eigenvalue weighted by Crippen LogP contribution is 2.25. The van der Waals surface area contributed by atoms with Crippen LogP contribution in [0.1, 0.15) is 23.2 Å². The molecule has 1 heterocycles. The fraction of sp³-hybridized carbons (Fsp3) is 0.500. The summed E-state index contributed by atoms with van der Waals surface area (Å²) < 4.78 is 0. The van der Waals surface area contributed by atoms with E-state index in [4.69, 9.17) is 0 Å². The van der Waals surface area contributed by atoms with E-state index in [0.29, 0.717) is 6.42 Å². The fourth-order valence-corrected chi connectivity index (χ4v) is 2.22. The van der Waals surface area contributed by atoms with Gasteiger partial charge in [0.1, 0.15) is 0 Å². The van der Waals surface area contributed by atoms with Crippen LogP contribution < -0.4 is 4.90 Å². The standard InChI is InChI=1S/C14H20N2O/c1-15(2)10-11-16-9-5-8-14(17)12-6-3-4-7-13(12)16/h3-4,6-7H,5,8-11H2,1-2H3. The zero-order valence-electron chi connectivity index (χ0n) is 10.6. The van der Waals surface area contributed by atoms with Crippen LogP contribution >= 0.6 is 0 Å². The van der Waals surface area contributed by atoms with Gasteiger partial charge in [0.15, 0.2) is 5.78 Å². The van der Waals surface area contributed by atoms with Crippen LogP contribution in [0.2, 0.25) is 0 Å². The third-order valence-corrected chi connectivity index (χ3v) is 3.19. The van der Waals surface area contributed by atoms with Gasteiger partial charge >= 0.3 is 0 Å². The van der Waals surface area contributed by atoms with Crippen molar-refractivity contribution < 1.29 is 4.79 Å². The second-order valence-electron chi connectivity index (χ2n) is 4.83. The Morgan fingerprint density at radius 3 is 2.82 bits per heavy atom. The zero-order chi connectivity index (χ0) is 12.3. The van der Waals surface area contributed by atoms with E-state index >= 15 is 0 Å². The molecule has 0 spiro atoms. The van der Waals surface area contributed by atoms with Crippen LogP contribution in [0.5, 0.6) is 0 Å². The van der Waals surface area contributed by atoms with Gasteiger partial charge in [0.2, 0.25) is 0 Å². The largest absolute Gasteiger partial charge is 0.370 e. The molecule has 0 N–H and O–H groups in total. The molecule has 0 aromatic heterocycles. The lowest BCUT2D eigenvalue weighted by atomic mass is 10.1. The van der Waals surface area contributed by atoms with Crippen LogP contribution in [0.25, 0.3) is 0 Å². The van der Waals surface area contributed by atoms with Crippen LogP contribution in [0.15, 0.2) is 24.3 Å². The van der Waals surface area contributed by atoms with Crippen molar-refractivity contribution in [3.8, 4) is 0 Å². The summed E-state index contributed by atoms with van der Waals surface area (Å²) in [5.41, 5.74) is 2.00. The van der Waals surface area contributed by atoms with Crippen molar-refractivity contribution in [3.05, 3.63) is 29.8 Å². The number of para-hydroxylation sites is 1. The predicted molar refractivity (Wildman–Crippen MR) is 70.8 cm³/mol. The van der Waals surface area contributed by atoms with Gasteiger partial charge in [0.05, 0.1) is 0 Å². The van der Waals surface area contributed by atoms with E-state index < -0.39 is 0 Å². The Balaban J connectivity index is 2.22. The molecule has 0 bridgehead atoms. The molecule has 17 heavy (non-hydrogen) atoms. The van der Waals surface area contributed by atoms with Gasteiger partial charge in [0, 0.05) is 37.3 Å². The first-order valence-electron chi connectivity index (χ1n) is 6.20. The SMILES string of the molecule is CN(C)CCN1CCCC(=O)c2ccccc21. The van der Waals surface area contributed by atoms with Crippen molar-refractivity contribution in [2.45, 2.75) is 12.8 Å². The molecule has 1 aromatic carbocycles. The maximum atomic E-state index is 12.0. The molecule has 0 radical (unpaired) electrons. The average Bonchev–Trinajstić information content (AvgIpc) is 2.47. The topological polar surface area (TPSA) is 23.6 Å². The van der Waals surface area contributed by atoms with Crippen LogP contribution in [0.4, 0.5) is 5.69 Å². The highest BCUT2D eigenvalue weighted by molar-refractivity contribution is 6.01. The number of rotatable bonds is 3. The number of ketones is 1. The molecule has 0 atom stereocenters. The number of benzene rings is 1. The number of carbonyl (C=O) groups is 1. The quantitative estimate of drug-likeness (QED) is 0.796. The number of likely N-dealkylation sites (N-methyl/N-ethyl adjacent to an activating group) is 1. The minimum atomic E-state index is 0.285. The number of carbonyl (C=O) groups excluding carboxylic acids is 1. The summed E-state index contributed by atoms with van der Waals surface area (Å²) in [7, 11) is 4.16. The Morgan fingerprint density at radius 2 is 2.06 bits per heavy atom. The number of hydrogen-bond acceptors (Lipinski definition) is 3. The molecule has 0 saturated heterocycles. The van der Waals surface area contributed by atoms with Crippen molar-refractivity contribution in [2.24, 2.45) is 0 Å². The molecule has 0 saturated carbocycles. The molecule has 1 aliphatic heterocycles. The molecular weight excluding hydrogens is 212 g/mol. The fourth-order valence-electron chi connectivity index (χ4n) is 2.22. The van der Waals surface area contributed by atoms with Crippen molar-refractivity contribution in [3.63, 3.8) is 0 Å². The van der Waals surface area contributed by atoms with Gasteiger partial charge in [0.25, 0.3) is 0 Å². The van der Waals surface area contributed by atoms with Gasteiger partial charge in [-0.1, -0.05) is 12.1 Å². The van der Waals surface area contributed by atoms with Gasteiger partial charge in [-0.05, 0) is 32.6 Å². The van der Waals surface area contributed by atoms with Crippen LogP contribution in [0, 0.1) is 0 Å². The predicted octanol–water partition coefficient (Wildman–Crippen LogP) is 2.03.